The summed E-state index contributed by atoms with van der Waals surface area (Å²) in [7, 11) is 3.54. The maximum Gasteiger partial charge on any atom is 0.148 e. The van der Waals surface area contributed by atoms with Gasteiger partial charge in [-0.15, -0.1) is 0 Å². The van der Waals surface area contributed by atoms with Crippen molar-refractivity contribution in [1.82, 2.24) is 10.2 Å². The molecule has 2 unspecified atom stereocenters. The van der Waals surface area contributed by atoms with Crippen molar-refractivity contribution in [1.29, 1.82) is 0 Å². The van der Waals surface area contributed by atoms with Crippen LogP contribution in [0.15, 0.2) is 16.9 Å². The van der Waals surface area contributed by atoms with E-state index in [1.807, 2.05) is 7.05 Å². The standard InChI is InChI=1S/C11H23N5O/c1-14-9(7-12)11(15-2)16-5-3-8(13)10(17)4-6-16/h7-8,10,14,17H,3-6,12-13H2,1-2H3/b9-7+,15-11?. The molecule has 6 N–H and O–H groups in total. The lowest BCUT2D eigenvalue weighted by atomic mass is 10.1. The molecule has 1 saturated heterocycles. The Morgan fingerprint density at radius 2 is 2.12 bits per heavy atom. The van der Waals surface area contributed by atoms with Gasteiger partial charge in [-0.2, -0.15) is 0 Å². The van der Waals surface area contributed by atoms with Gasteiger partial charge >= 0.3 is 0 Å². The highest BCUT2D eigenvalue weighted by molar-refractivity contribution is 5.97. The minimum absolute atomic E-state index is 0.155. The minimum atomic E-state index is -0.432. The van der Waals surface area contributed by atoms with Crippen molar-refractivity contribution in [2.45, 2.75) is 25.0 Å². The molecule has 0 amide bonds. The molecule has 0 aliphatic carbocycles. The van der Waals surface area contributed by atoms with Crippen LogP contribution in [0.4, 0.5) is 0 Å². The Kier molecular flexibility index (Phi) is 5.24. The Bertz CT molecular complexity index is 290. The summed E-state index contributed by atoms with van der Waals surface area (Å²) in [5.74, 6) is 0.816. The molecule has 0 aromatic rings. The Hall–Kier alpha value is -1.27. The maximum atomic E-state index is 9.74. The van der Waals surface area contributed by atoms with Gasteiger partial charge in [0.25, 0.3) is 0 Å². The molecule has 1 aliphatic rings. The third-order valence-electron chi connectivity index (χ3n) is 3.11. The Morgan fingerprint density at radius 3 is 2.65 bits per heavy atom. The summed E-state index contributed by atoms with van der Waals surface area (Å²) in [4.78, 5) is 6.36. The van der Waals surface area contributed by atoms with E-state index in [2.05, 4.69) is 15.2 Å². The maximum absolute atomic E-state index is 9.74. The van der Waals surface area contributed by atoms with Crippen molar-refractivity contribution in [2.24, 2.45) is 16.5 Å². The topological polar surface area (TPSA) is 99.9 Å². The lowest BCUT2D eigenvalue weighted by Crippen LogP contribution is -2.37. The molecular weight excluding hydrogens is 218 g/mol. The van der Waals surface area contributed by atoms with Gasteiger partial charge in [0.05, 0.1) is 11.8 Å². The molecule has 0 aromatic heterocycles. The third-order valence-corrected chi connectivity index (χ3v) is 3.11. The second kappa shape index (κ2) is 6.46. The van der Waals surface area contributed by atoms with Crippen LogP contribution >= 0.6 is 0 Å². The van der Waals surface area contributed by atoms with Crippen molar-refractivity contribution in [2.75, 3.05) is 27.2 Å². The van der Waals surface area contributed by atoms with Crippen LogP contribution in [-0.4, -0.2) is 55.2 Å². The number of aliphatic imine (C=N–C) groups is 1. The number of aliphatic hydroxyl groups is 1. The van der Waals surface area contributed by atoms with E-state index < -0.39 is 6.10 Å². The molecule has 6 heteroatoms. The van der Waals surface area contributed by atoms with Gasteiger partial charge in [0.15, 0.2) is 0 Å². The van der Waals surface area contributed by atoms with Crippen LogP contribution in [0.25, 0.3) is 0 Å². The normalized spacial score (nSPS) is 27.9. The molecule has 0 saturated carbocycles. The Balaban J connectivity index is 2.77. The number of amidine groups is 1. The number of aliphatic hydroxyl groups excluding tert-OH is 1. The van der Waals surface area contributed by atoms with Gasteiger partial charge in [-0.25, -0.2) is 0 Å². The number of hydrogen-bond donors (Lipinski definition) is 4. The van der Waals surface area contributed by atoms with E-state index in [-0.39, 0.29) is 6.04 Å². The van der Waals surface area contributed by atoms with Crippen molar-refractivity contribution in [3.05, 3.63) is 11.9 Å². The van der Waals surface area contributed by atoms with Gasteiger partial charge < -0.3 is 26.8 Å². The Morgan fingerprint density at radius 1 is 1.47 bits per heavy atom. The molecule has 17 heavy (non-hydrogen) atoms. The van der Waals surface area contributed by atoms with E-state index in [9.17, 15) is 5.11 Å². The molecule has 1 rings (SSSR count). The third kappa shape index (κ3) is 3.34. The molecule has 6 nitrogen and oxygen atoms in total. The Labute approximate surface area is 102 Å². The predicted octanol–water partition coefficient (Wildman–Crippen LogP) is -1.18. The molecule has 0 aromatic carbocycles. The quantitative estimate of drug-likeness (QED) is 0.360. The molecule has 1 fully saturated rings. The molecular formula is C11H23N5O. The number of likely N-dealkylation sites (N-methyl/N-ethyl adjacent to an activating group) is 1. The largest absolute Gasteiger partial charge is 0.403 e. The molecule has 2 atom stereocenters. The second-order valence-corrected chi connectivity index (χ2v) is 4.17. The van der Waals surface area contributed by atoms with Gasteiger partial charge in [0.1, 0.15) is 5.84 Å². The first-order valence-electron chi connectivity index (χ1n) is 5.89. The van der Waals surface area contributed by atoms with Crippen LogP contribution in [0, 0.1) is 0 Å². The average Bonchev–Trinajstić information content (AvgIpc) is 2.50. The van der Waals surface area contributed by atoms with Crippen LogP contribution in [0.3, 0.4) is 0 Å². The van der Waals surface area contributed by atoms with Crippen LogP contribution in [0.2, 0.25) is 0 Å². The number of nitrogens with two attached hydrogens (primary N) is 2. The van der Waals surface area contributed by atoms with E-state index in [4.69, 9.17) is 11.5 Å². The highest BCUT2D eigenvalue weighted by Gasteiger charge is 2.24. The summed E-state index contributed by atoms with van der Waals surface area (Å²) in [5.41, 5.74) is 12.2. The summed E-state index contributed by atoms with van der Waals surface area (Å²) in [6, 6.07) is -0.155. The monoisotopic (exact) mass is 241 g/mol. The van der Waals surface area contributed by atoms with E-state index >= 15 is 0 Å². The number of nitrogens with one attached hydrogen (secondary N) is 1. The fourth-order valence-electron chi connectivity index (χ4n) is 2.02. The van der Waals surface area contributed by atoms with Crippen molar-refractivity contribution in [3.63, 3.8) is 0 Å². The van der Waals surface area contributed by atoms with Gasteiger partial charge in [-0.3, -0.25) is 4.99 Å². The predicted molar refractivity (Wildman–Crippen MR) is 69.5 cm³/mol. The minimum Gasteiger partial charge on any atom is -0.403 e. The fourth-order valence-corrected chi connectivity index (χ4v) is 2.02. The second-order valence-electron chi connectivity index (χ2n) is 4.17. The molecule has 98 valence electrons. The number of hydrogen-bond acceptors (Lipinski definition) is 5. The first kappa shape index (κ1) is 13.8. The SMILES string of the molecule is CN=C(/C(=C\N)NC)N1CCC(N)C(O)CC1. The van der Waals surface area contributed by atoms with Crippen LogP contribution in [-0.2, 0) is 0 Å². The van der Waals surface area contributed by atoms with E-state index in [0.717, 1.165) is 31.0 Å². The first-order valence-corrected chi connectivity index (χ1v) is 5.89. The summed E-state index contributed by atoms with van der Waals surface area (Å²) in [6.45, 7) is 1.52. The summed E-state index contributed by atoms with van der Waals surface area (Å²) in [5, 5.41) is 12.7. The first-order chi connectivity index (χ1) is 8.13. The average molecular weight is 241 g/mol. The van der Waals surface area contributed by atoms with Crippen molar-refractivity contribution in [3.8, 4) is 0 Å². The molecule has 0 radical (unpaired) electrons. The molecule has 1 heterocycles. The number of rotatable bonds is 2. The highest BCUT2D eigenvalue weighted by atomic mass is 16.3. The van der Waals surface area contributed by atoms with Crippen LogP contribution in [0.1, 0.15) is 12.8 Å². The summed E-state index contributed by atoms with van der Waals surface area (Å²) < 4.78 is 0. The molecule has 1 aliphatic heterocycles. The highest BCUT2D eigenvalue weighted by Crippen LogP contribution is 2.12. The number of likely N-dealkylation sites (tertiary alicyclic amines) is 1. The number of nitrogens with zero attached hydrogens (tertiary/aromatic N) is 2. The van der Waals surface area contributed by atoms with Crippen LogP contribution < -0.4 is 16.8 Å². The fraction of sp³-hybridized carbons (Fsp3) is 0.727. The van der Waals surface area contributed by atoms with Gasteiger partial charge in [-0.05, 0) is 12.8 Å². The van der Waals surface area contributed by atoms with Crippen LogP contribution in [0.5, 0.6) is 0 Å². The summed E-state index contributed by atoms with van der Waals surface area (Å²) in [6.07, 6.45) is 2.48. The van der Waals surface area contributed by atoms with E-state index in [1.54, 1.807) is 7.05 Å². The lowest BCUT2D eigenvalue weighted by Gasteiger charge is -2.25. The smallest absolute Gasteiger partial charge is 0.148 e. The molecule has 0 bridgehead atoms. The van der Waals surface area contributed by atoms with E-state index in [0.29, 0.717) is 6.42 Å². The van der Waals surface area contributed by atoms with Crippen molar-refractivity contribution < 1.29 is 5.11 Å². The lowest BCUT2D eigenvalue weighted by molar-refractivity contribution is 0.139. The summed E-state index contributed by atoms with van der Waals surface area (Å²) >= 11 is 0. The zero-order valence-corrected chi connectivity index (χ0v) is 10.6. The zero-order valence-electron chi connectivity index (χ0n) is 10.6. The van der Waals surface area contributed by atoms with E-state index in [1.165, 1.54) is 6.20 Å². The van der Waals surface area contributed by atoms with Gasteiger partial charge in [0.2, 0.25) is 0 Å². The van der Waals surface area contributed by atoms with Gasteiger partial charge in [-0.1, -0.05) is 0 Å². The van der Waals surface area contributed by atoms with Crippen molar-refractivity contribution >= 4 is 5.84 Å². The van der Waals surface area contributed by atoms with Gasteiger partial charge in [0, 0.05) is 39.4 Å². The molecule has 0 spiro atoms. The zero-order chi connectivity index (χ0) is 12.8.